The summed E-state index contributed by atoms with van der Waals surface area (Å²) < 4.78 is 5.48. The lowest BCUT2D eigenvalue weighted by Crippen LogP contribution is -2.47. The molecule has 1 saturated carbocycles. The van der Waals surface area contributed by atoms with Gasteiger partial charge in [-0.2, -0.15) is 0 Å². The van der Waals surface area contributed by atoms with Crippen molar-refractivity contribution in [2.45, 2.75) is 37.8 Å². The SMILES string of the molecule is CN(C)[C@H]1CCC[C@@H](NC(=O)NCCOc2cccnc2)C1. The van der Waals surface area contributed by atoms with Gasteiger partial charge in [-0.15, -0.1) is 0 Å². The summed E-state index contributed by atoms with van der Waals surface area (Å²) in [5.41, 5.74) is 0. The van der Waals surface area contributed by atoms with Crippen LogP contribution in [0, 0.1) is 0 Å². The molecular formula is C16H26N4O2. The van der Waals surface area contributed by atoms with Crippen molar-refractivity contribution >= 4 is 6.03 Å². The molecule has 22 heavy (non-hydrogen) atoms. The maximum absolute atomic E-state index is 11.9. The van der Waals surface area contributed by atoms with E-state index in [-0.39, 0.29) is 12.1 Å². The molecule has 0 saturated heterocycles. The molecule has 0 spiro atoms. The van der Waals surface area contributed by atoms with Crippen LogP contribution in [-0.4, -0.2) is 55.2 Å². The summed E-state index contributed by atoms with van der Waals surface area (Å²) in [5.74, 6) is 0.714. The summed E-state index contributed by atoms with van der Waals surface area (Å²) in [7, 11) is 4.20. The van der Waals surface area contributed by atoms with Gasteiger partial charge in [0.15, 0.2) is 0 Å². The molecule has 1 aromatic heterocycles. The third kappa shape index (κ3) is 5.52. The Kier molecular flexibility index (Phi) is 6.45. The topological polar surface area (TPSA) is 66.5 Å². The van der Waals surface area contributed by atoms with Gasteiger partial charge in [0.2, 0.25) is 0 Å². The number of pyridine rings is 1. The van der Waals surface area contributed by atoms with Crippen LogP contribution < -0.4 is 15.4 Å². The van der Waals surface area contributed by atoms with Gasteiger partial charge in [-0.3, -0.25) is 4.98 Å². The van der Waals surface area contributed by atoms with Crippen molar-refractivity contribution in [3.63, 3.8) is 0 Å². The monoisotopic (exact) mass is 306 g/mol. The molecule has 122 valence electrons. The maximum atomic E-state index is 11.9. The third-order valence-electron chi connectivity index (χ3n) is 4.00. The number of aromatic nitrogens is 1. The second-order valence-electron chi connectivity index (χ2n) is 5.92. The number of rotatable bonds is 6. The number of ether oxygens (including phenoxy) is 1. The fourth-order valence-corrected chi connectivity index (χ4v) is 2.77. The van der Waals surface area contributed by atoms with Crippen molar-refractivity contribution in [3.8, 4) is 5.75 Å². The van der Waals surface area contributed by atoms with Gasteiger partial charge in [0, 0.05) is 18.3 Å². The molecule has 0 radical (unpaired) electrons. The highest BCUT2D eigenvalue weighted by atomic mass is 16.5. The van der Waals surface area contributed by atoms with Gasteiger partial charge < -0.3 is 20.3 Å². The van der Waals surface area contributed by atoms with Gasteiger partial charge >= 0.3 is 6.03 Å². The Morgan fingerprint density at radius 3 is 3.05 bits per heavy atom. The molecule has 1 fully saturated rings. The number of amides is 2. The smallest absolute Gasteiger partial charge is 0.315 e. The molecule has 2 atom stereocenters. The summed E-state index contributed by atoms with van der Waals surface area (Å²) in [6, 6.07) is 4.38. The van der Waals surface area contributed by atoms with E-state index in [2.05, 4.69) is 34.6 Å². The number of nitrogens with zero attached hydrogens (tertiary/aromatic N) is 2. The minimum atomic E-state index is -0.112. The summed E-state index contributed by atoms with van der Waals surface area (Å²) >= 11 is 0. The Balaban J connectivity index is 1.61. The fraction of sp³-hybridized carbons (Fsp3) is 0.625. The second kappa shape index (κ2) is 8.58. The molecule has 6 heteroatoms. The van der Waals surface area contributed by atoms with E-state index in [1.165, 1.54) is 6.42 Å². The van der Waals surface area contributed by atoms with Crippen LogP contribution in [0.3, 0.4) is 0 Å². The molecule has 0 aliphatic heterocycles. The number of carbonyl (C=O) groups excluding carboxylic acids is 1. The highest BCUT2D eigenvalue weighted by molar-refractivity contribution is 5.74. The van der Waals surface area contributed by atoms with Crippen molar-refractivity contribution in [1.82, 2.24) is 20.5 Å². The quantitative estimate of drug-likeness (QED) is 0.784. The zero-order valence-corrected chi connectivity index (χ0v) is 13.4. The van der Waals surface area contributed by atoms with Crippen LogP contribution >= 0.6 is 0 Å². The van der Waals surface area contributed by atoms with Gasteiger partial charge in [-0.25, -0.2) is 4.79 Å². The molecule has 0 aromatic carbocycles. The summed E-state index contributed by atoms with van der Waals surface area (Å²) in [6.07, 6.45) is 7.81. The van der Waals surface area contributed by atoms with Crippen molar-refractivity contribution in [2.75, 3.05) is 27.2 Å². The number of carbonyl (C=O) groups is 1. The van der Waals surface area contributed by atoms with Crippen molar-refractivity contribution in [3.05, 3.63) is 24.5 Å². The van der Waals surface area contributed by atoms with E-state index in [1.54, 1.807) is 12.4 Å². The lowest BCUT2D eigenvalue weighted by molar-refractivity contribution is 0.192. The van der Waals surface area contributed by atoms with Gasteiger partial charge in [-0.1, -0.05) is 0 Å². The average Bonchev–Trinajstić information content (AvgIpc) is 2.53. The van der Waals surface area contributed by atoms with E-state index in [9.17, 15) is 4.79 Å². The highest BCUT2D eigenvalue weighted by Crippen LogP contribution is 2.21. The Bertz CT molecular complexity index is 453. The summed E-state index contributed by atoms with van der Waals surface area (Å²) in [6.45, 7) is 0.911. The highest BCUT2D eigenvalue weighted by Gasteiger charge is 2.24. The average molecular weight is 306 g/mol. The minimum absolute atomic E-state index is 0.112. The Morgan fingerprint density at radius 1 is 1.45 bits per heavy atom. The number of nitrogens with one attached hydrogen (secondary N) is 2. The van der Waals surface area contributed by atoms with Crippen molar-refractivity contribution < 1.29 is 9.53 Å². The zero-order valence-electron chi connectivity index (χ0n) is 13.4. The summed E-state index contributed by atoms with van der Waals surface area (Å²) in [4.78, 5) is 18.1. The molecular weight excluding hydrogens is 280 g/mol. The van der Waals surface area contributed by atoms with Crippen LogP contribution in [0.4, 0.5) is 4.79 Å². The first-order valence-electron chi connectivity index (χ1n) is 7.89. The van der Waals surface area contributed by atoms with E-state index in [0.29, 0.717) is 24.9 Å². The van der Waals surface area contributed by atoms with Crippen molar-refractivity contribution in [2.24, 2.45) is 0 Å². The molecule has 2 rings (SSSR count). The minimum Gasteiger partial charge on any atom is -0.490 e. The first-order valence-corrected chi connectivity index (χ1v) is 7.89. The molecule has 1 aliphatic rings. The summed E-state index contributed by atoms with van der Waals surface area (Å²) in [5, 5.41) is 5.89. The first-order chi connectivity index (χ1) is 10.6. The first kappa shape index (κ1) is 16.5. The standard InChI is InChI=1S/C16H26N4O2/c1-20(2)14-6-3-5-13(11-14)19-16(21)18-9-10-22-15-7-4-8-17-12-15/h4,7-8,12-14H,3,5-6,9-11H2,1-2H3,(H2,18,19,21)/t13-,14+/m1/s1. The van der Waals surface area contributed by atoms with E-state index in [4.69, 9.17) is 4.74 Å². The molecule has 2 N–H and O–H groups in total. The van der Waals surface area contributed by atoms with Gasteiger partial charge in [-0.05, 0) is 51.9 Å². The molecule has 1 heterocycles. The third-order valence-corrected chi connectivity index (χ3v) is 4.00. The van der Waals surface area contributed by atoms with Gasteiger partial charge in [0.1, 0.15) is 12.4 Å². The van der Waals surface area contributed by atoms with Crippen LogP contribution in [0.5, 0.6) is 5.75 Å². The fourth-order valence-electron chi connectivity index (χ4n) is 2.77. The number of hydrogen-bond acceptors (Lipinski definition) is 4. The lowest BCUT2D eigenvalue weighted by Gasteiger charge is -2.33. The van der Waals surface area contributed by atoms with Crippen LogP contribution in [0.25, 0.3) is 0 Å². The molecule has 1 aromatic rings. The van der Waals surface area contributed by atoms with E-state index in [1.807, 2.05) is 12.1 Å². The molecule has 6 nitrogen and oxygen atoms in total. The van der Waals surface area contributed by atoms with E-state index in [0.717, 1.165) is 19.3 Å². The van der Waals surface area contributed by atoms with Gasteiger partial charge in [0.05, 0.1) is 12.7 Å². The molecule has 2 amide bonds. The van der Waals surface area contributed by atoms with Crippen LogP contribution in [0.15, 0.2) is 24.5 Å². The Hall–Kier alpha value is -1.82. The van der Waals surface area contributed by atoms with E-state index >= 15 is 0 Å². The Labute approximate surface area is 132 Å². The molecule has 0 unspecified atom stereocenters. The lowest BCUT2D eigenvalue weighted by atomic mass is 9.90. The van der Waals surface area contributed by atoms with Crippen molar-refractivity contribution in [1.29, 1.82) is 0 Å². The zero-order chi connectivity index (χ0) is 15.8. The van der Waals surface area contributed by atoms with Crippen LogP contribution in [0.1, 0.15) is 25.7 Å². The van der Waals surface area contributed by atoms with Crippen LogP contribution in [0.2, 0.25) is 0 Å². The molecule has 1 aliphatic carbocycles. The van der Waals surface area contributed by atoms with Gasteiger partial charge in [0.25, 0.3) is 0 Å². The molecule has 0 bridgehead atoms. The normalized spacial score (nSPS) is 21.4. The number of urea groups is 1. The Morgan fingerprint density at radius 2 is 2.32 bits per heavy atom. The number of hydrogen-bond donors (Lipinski definition) is 2. The predicted molar refractivity (Wildman–Crippen MR) is 86.0 cm³/mol. The second-order valence-corrected chi connectivity index (χ2v) is 5.92. The largest absolute Gasteiger partial charge is 0.490 e. The predicted octanol–water partition coefficient (Wildman–Crippen LogP) is 1.63. The van der Waals surface area contributed by atoms with E-state index < -0.39 is 0 Å². The maximum Gasteiger partial charge on any atom is 0.315 e. The van der Waals surface area contributed by atoms with Crippen LogP contribution in [-0.2, 0) is 0 Å².